The maximum atomic E-state index is 12.6. The number of carbonyl (C=O) groups excluding carboxylic acids is 2. The second kappa shape index (κ2) is 7.98. The molecule has 3 aromatic rings. The van der Waals surface area contributed by atoms with Gasteiger partial charge in [-0.3, -0.25) is 14.0 Å². The van der Waals surface area contributed by atoms with Gasteiger partial charge in [-0.05, 0) is 43.2 Å². The summed E-state index contributed by atoms with van der Waals surface area (Å²) in [6.45, 7) is 1.21. The Hall–Kier alpha value is -2.93. The van der Waals surface area contributed by atoms with Crippen molar-refractivity contribution in [2.24, 2.45) is 0 Å². The zero-order valence-corrected chi connectivity index (χ0v) is 16.0. The molecule has 1 saturated heterocycles. The fraction of sp³-hybridized carbons (Fsp3) is 0.300. The van der Waals surface area contributed by atoms with Crippen LogP contribution in [0.4, 0.5) is 0 Å². The molecule has 0 saturated carbocycles. The number of amides is 2. The predicted octanol–water partition coefficient (Wildman–Crippen LogP) is 2.52. The Morgan fingerprint density at radius 3 is 2.93 bits per heavy atom. The number of carbonyl (C=O) groups is 2. The van der Waals surface area contributed by atoms with Crippen molar-refractivity contribution >= 4 is 29.1 Å². The van der Waals surface area contributed by atoms with Crippen LogP contribution in [-0.2, 0) is 4.79 Å². The minimum Gasteiger partial charge on any atom is -0.343 e. The van der Waals surface area contributed by atoms with Crippen LogP contribution < -0.4 is 5.32 Å². The van der Waals surface area contributed by atoms with Gasteiger partial charge in [-0.2, -0.15) is 0 Å². The number of rotatable bonds is 4. The van der Waals surface area contributed by atoms with Gasteiger partial charge in [0.15, 0.2) is 5.65 Å². The quantitative estimate of drug-likeness (QED) is 0.733. The van der Waals surface area contributed by atoms with E-state index in [4.69, 9.17) is 11.6 Å². The number of piperidine rings is 1. The Morgan fingerprint density at radius 1 is 1.18 bits per heavy atom. The van der Waals surface area contributed by atoms with Crippen molar-refractivity contribution in [2.75, 3.05) is 19.6 Å². The molecule has 4 rings (SSSR count). The summed E-state index contributed by atoms with van der Waals surface area (Å²) in [5.41, 5.74) is 1.24. The van der Waals surface area contributed by atoms with Crippen molar-refractivity contribution in [1.29, 1.82) is 0 Å². The van der Waals surface area contributed by atoms with Gasteiger partial charge in [-0.15, -0.1) is 10.2 Å². The van der Waals surface area contributed by atoms with E-state index in [1.807, 2.05) is 28.8 Å². The SMILES string of the molecule is O=C(NCC(=O)N1CCCC(c2nnc3ccccn23)C1)c1cccc(Cl)c1. The van der Waals surface area contributed by atoms with Gasteiger partial charge in [0.05, 0.1) is 6.54 Å². The van der Waals surface area contributed by atoms with Gasteiger partial charge in [0.1, 0.15) is 5.82 Å². The van der Waals surface area contributed by atoms with Gasteiger partial charge < -0.3 is 10.2 Å². The van der Waals surface area contributed by atoms with Crippen LogP contribution in [0.2, 0.25) is 5.02 Å². The molecule has 3 heterocycles. The van der Waals surface area contributed by atoms with Crippen molar-refractivity contribution in [3.63, 3.8) is 0 Å². The molecule has 8 heteroatoms. The number of pyridine rings is 1. The second-order valence-corrected chi connectivity index (χ2v) is 7.30. The first kappa shape index (κ1) is 18.4. The maximum absolute atomic E-state index is 12.6. The van der Waals surface area contributed by atoms with Crippen LogP contribution in [0.5, 0.6) is 0 Å². The third-order valence-corrected chi connectivity index (χ3v) is 5.20. The summed E-state index contributed by atoms with van der Waals surface area (Å²) in [7, 11) is 0. The highest BCUT2D eigenvalue weighted by atomic mass is 35.5. The van der Waals surface area contributed by atoms with Crippen LogP contribution in [0.25, 0.3) is 5.65 Å². The number of benzene rings is 1. The smallest absolute Gasteiger partial charge is 0.251 e. The van der Waals surface area contributed by atoms with Gasteiger partial charge in [0.25, 0.3) is 5.91 Å². The molecule has 1 N–H and O–H groups in total. The van der Waals surface area contributed by atoms with Crippen molar-refractivity contribution < 1.29 is 9.59 Å². The van der Waals surface area contributed by atoms with E-state index in [9.17, 15) is 9.59 Å². The van der Waals surface area contributed by atoms with E-state index in [0.29, 0.717) is 23.7 Å². The van der Waals surface area contributed by atoms with E-state index in [1.165, 1.54) is 0 Å². The number of hydrogen-bond acceptors (Lipinski definition) is 4. The molecule has 1 fully saturated rings. The normalized spacial score (nSPS) is 16.9. The lowest BCUT2D eigenvalue weighted by molar-refractivity contribution is -0.131. The molecular formula is C20H20ClN5O2. The zero-order valence-electron chi connectivity index (χ0n) is 15.2. The minimum absolute atomic E-state index is 0.0430. The molecule has 2 aromatic heterocycles. The molecule has 1 atom stereocenters. The van der Waals surface area contributed by atoms with Crippen LogP contribution in [-0.4, -0.2) is 50.9 Å². The summed E-state index contributed by atoms with van der Waals surface area (Å²) in [5.74, 6) is 0.580. The molecule has 1 aliphatic heterocycles. The van der Waals surface area contributed by atoms with Crippen LogP contribution in [0, 0.1) is 0 Å². The van der Waals surface area contributed by atoms with Gasteiger partial charge in [-0.25, -0.2) is 0 Å². The molecule has 0 aliphatic carbocycles. The largest absolute Gasteiger partial charge is 0.343 e. The molecule has 1 aliphatic rings. The highest BCUT2D eigenvalue weighted by Gasteiger charge is 2.28. The Labute approximate surface area is 167 Å². The molecule has 0 bridgehead atoms. The summed E-state index contributed by atoms with van der Waals surface area (Å²) in [4.78, 5) is 26.6. The highest BCUT2D eigenvalue weighted by Crippen LogP contribution is 2.26. The standard InChI is InChI=1S/C20H20ClN5O2/c21-16-7-3-5-14(11-16)20(28)22-12-18(27)25-9-4-6-15(13-25)19-24-23-17-8-1-2-10-26(17)19/h1-3,5,7-8,10-11,15H,4,6,9,12-13H2,(H,22,28). The van der Waals surface area contributed by atoms with Crippen molar-refractivity contribution in [3.8, 4) is 0 Å². The fourth-order valence-electron chi connectivity index (χ4n) is 3.55. The Morgan fingerprint density at radius 2 is 2.07 bits per heavy atom. The summed E-state index contributed by atoms with van der Waals surface area (Å²) >= 11 is 5.91. The summed E-state index contributed by atoms with van der Waals surface area (Å²) in [5, 5.41) is 11.7. The van der Waals surface area contributed by atoms with Crippen LogP contribution >= 0.6 is 11.6 Å². The number of nitrogens with zero attached hydrogens (tertiary/aromatic N) is 4. The maximum Gasteiger partial charge on any atom is 0.251 e. The van der Waals surface area contributed by atoms with Crippen LogP contribution in [0.3, 0.4) is 0 Å². The van der Waals surface area contributed by atoms with Crippen LogP contribution in [0.15, 0.2) is 48.7 Å². The molecule has 144 valence electrons. The molecule has 28 heavy (non-hydrogen) atoms. The first-order valence-corrected chi connectivity index (χ1v) is 9.61. The van der Waals surface area contributed by atoms with Gasteiger partial charge in [0, 0.05) is 35.8 Å². The number of aromatic nitrogens is 3. The summed E-state index contributed by atoms with van der Waals surface area (Å²) in [6, 6.07) is 12.4. The first-order chi connectivity index (χ1) is 13.6. The van der Waals surface area contributed by atoms with Crippen molar-refractivity contribution in [3.05, 3.63) is 65.1 Å². The number of halogens is 1. The van der Waals surface area contributed by atoms with Gasteiger partial charge in [0.2, 0.25) is 5.91 Å². The Balaban J connectivity index is 1.39. The molecular weight excluding hydrogens is 378 g/mol. The van der Waals surface area contributed by atoms with Gasteiger partial charge >= 0.3 is 0 Å². The number of nitrogens with one attached hydrogen (secondary N) is 1. The van der Waals surface area contributed by atoms with E-state index >= 15 is 0 Å². The van der Waals surface area contributed by atoms with Crippen molar-refractivity contribution in [2.45, 2.75) is 18.8 Å². The van der Waals surface area contributed by atoms with Crippen LogP contribution in [0.1, 0.15) is 34.9 Å². The molecule has 1 aromatic carbocycles. The average Bonchev–Trinajstić information content (AvgIpc) is 3.16. The Bertz CT molecular complexity index is 1020. The molecule has 1 unspecified atom stereocenters. The van der Waals surface area contributed by atoms with Gasteiger partial charge in [-0.1, -0.05) is 23.7 Å². The van der Waals surface area contributed by atoms with E-state index < -0.39 is 0 Å². The highest BCUT2D eigenvalue weighted by molar-refractivity contribution is 6.30. The molecule has 0 radical (unpaired) electrons. The lowest BCUT2D eigenvalue weighted by Crippen LogP contribution is -2.44. The number of hydrogen-bond donors (Lipinski definition) is 1. The van der Waals surface area contributed by atoms with Crippen molar-refractivity contribution in [1.82, 2.24) is 24.8 Å². The minimum atomic E-state index is -0.312. The Kier molecular flexibility index (Phi) is 5.25. The molecule has 7 nitrogen and oxygen atoms in total. The first-order valence-electron chi connectivity index (χ1n) is 9.23. The lowest BCUT2D eigenvalue weighted by Gasteiger charge is -2.32. The third kappa shape index (κ3) is 3.84. The van der Waals surface area contributed by atoms with E-state index in [1.54, 1.807) is 29.2 Å². The second-order valence-electron chi connectivity index (χ2n) is 6.86. The van der Waals surface area contributed by atoms with E-state index in [0.717, 1.165) is 24.3 Å². The lowest BCUT2D eigenvalue weighted by atomic mass is 9.97. The molecule has 0 spiro atoms. The number of fused-ring (bicyclic) bond motifs is 1. The topological polar surface area (TPSA) is 79.6 Å². The summed E-state index contributed by atoms with van der Waals surface area (Å²) in [6.07, 6.45) is 3.78. The zero-order chi connectivity index (χ0) is 19.5. The fourth-order valence-corrected chi connectivity index (χ4v) is 3.74. The predicted molar refractivity (Wildman–Crippen MR) is 105 cm³/mol. The van der Waals surface area contributed by atoms with E-state index in [-0.39, 0.29) is 24.3 Å². The average molecular weight is 398 g/mol. The summed E-state index contributed by atoms with van der Waals surface area (Å²) < 4.78 is 1.97. The monoisotopic (exact) mass is 397 g/mol. The molecule has 2 amide bonds. The third-order valence-electron chi connectivity index (χ3n) is 4.97. The number of likely N-dealkylation sites (tertiary alicyclic amines) is 1. The van der Waals surface area contributed by atoms with E-state index in [2.05, 4.69) is 15.5 Å².